The number of nitrogens with zero attached hydrogens (tertiary/aromatic N) is 1. The van der Waals surface area contributed by atoms with E-state index in [1.54, 1.807) is 24.3 Å². The number of nitrogens with one attached hydrogen (secondary N) is 2. The summed E-state index contributed by atoms with van der Waals surface area (Å²) in [5.74, 6) is -1.51. The van der Waals surface area contributed by atoms with Crippen LogP contribution in [-0.2, 0) is 4.79 Å². The maximum atomic E-state index is 12.7. The Morgan fingerprint density at radius 3 is 2.81 bits per heavy atom. The minimum Gasteiger partial charge on any atom is -0.481 e. The minimum absolute atomic E-state index is 0.191. The number of carboxylic acid groups (broad SMARTS) is 1. The first kappa shape index (κ1) is 18.2. The van der Waals surface area contributed by atoms with Gasteiger partial charge in [-0.25, -0.2) is 4.79 Å². The quantitative estimate of drug-likeness (QED) is 0.702. The van der Waals surface area contributed by atoms with Crippen LogP contribution < -0.4 is 15.5 Å². The summed E-state index contributed by atoms with van der Waals surface area (Å²) in [5, 5.41) is 16.6. The van der Waals surface area contributed by atoms with E-state index >= 15 is 0 Å². The van der Waals surface area contributed by atoms with Crippen LogP contribution in [0.5, 0.6) is 0 Å². The number of rotatable bonds is 6. The van der Waals surface area contributed by atoms with E-state index in [-0.39, 0.29) is 23.0 Å². The molecule has 3 rings (SSSR count). The molecule has 1 aliphatic heterocycles. The Bertz CT molecular complexity index is 841. The van der Waals surface area contributed by atoms with E-state index in [9.17, 15) is 14.4 Å². The molecule has 9 heteroatoms. The van der Waals surface area contributed by atoms with Crippen molar-refractivity contribution in [2.24, 2.45) is 0 Å². The van der Waals surface area contributed by atoms with Gasteiger partial charge < -0.3 is 15.7 Å². The third-order valence-corrected chi connectivity index (χ3v) is 5.25. The molecule has 1 saturated heterocycles. The lowest BCUT2D eigenvalue weighted by Gasteiger charge is -2.18. The van der Waals surface area contributed by atoms with Crippen LogP contribution in [0.1, 0.15) is 27.7 Å². The first-order valence-electron chi connectivity index (χ1n) is 7.86. The average Bonchev–Trinajstić information content (AvgIpc) is 3.26. The summed E-state index contributed by atoms with van der Waals surface area (Å²) in [6.45, 7) is 1.03. The van der Waals surface area contributed by atoms with Gasteiger partial charge in [-0.2, -0.15) is 0 Å². The van der Waals surface area contributed by atoms with Crippen LogP contribution in [0.15, 0.2) is 35.7 Å². The van der Waals surface area contributed by atoms with Crippen molar-refractivity contribution in [1.82, 2.24) is 10.6 Å². The second-order valence-electron chi connectivity index (χ2n) is 5.69. The van der Waals surface area contributed by atoms with Crippen LogP contribution in [0, 0.1) is 0 Å². The van der Waals surface area contributed by atoms with E-state index in [1.807, 2.05) is 5.38 Å². The standard InChI is InChI=1S/C17H16ClN3O4S/c18-12-4-3-10(21-6-5-19-17(21)25)8-11(12)16(24)20-13(9-15(22)23)14-2-1-7-26-14/h1-4,7-8,13H,5-6,9H2,(H,19,25)(H,20,24)(H,22,23)/t13-/m1/s1. The normalized spacial score (nSPS) is 14.8. The highest BCUT2D eigenvalue weighted by atomic mass is 35.5. The predicted molar refractivity (Wildman–Crippen MR) is 99.0 cm³/mol. The zero-order valence-electron chi connectivity index (χ0n) is 13.6. The lowest BCUT2D eigenvalue weighted by atomic mass is 10.1. The van der Waals surface area contributed by atoms with Crippen molar-refractivity contribution in [2.75, 3.05) is 18.0 Å². The predicted octanol–water partition coefficient (Wildman–Crippen LogP) is 2.88. The van der Waals surface area contributed by atoms with Gasteiger partial charge in [-0.15, -0.1) is 11.3 Å². The van der Waals surface area contributed by atoms with Gasteiger partial charge in [-0.3, -0.25) is 14.5 Å². The monoisotopic (exact) mass is 393 g/mol. The number of anilines is 1. The Kier molecular flexibility index (Phi) is 5.43. The van der Waals surface area contributed by atoms with Crippen LogP contribution in [0.25, 0.3) is 0 Å². The lowest BCUT2D eigenvalue weighted by Crippen LogP contribution is -2.31. The molecule has 2 heterocycles. The number of carbonyl (C=O) groups excluding carboxylic acids is 2. The van der Waals surface area contributed by atoms with Gasteiger partial charge in [0.15, 0.2) is 0 Å². The first-order chi connectivity index (χ1) is 12.5. The van der Waals surface area contributed by atoms with E-state index in [4.69, 9.17) is 16.7 Å². The molecule has 1 fully saturated rings. The van der Waals surface area contributed by atoms with Crippen molar-refractivity contribution in [3.05, 3.63) is 51.2 Å². The Balaban J connectivity index is 1.84. The Labute approximate surface area is 158 Å². The number of carboxylic acids is 1. The summed E-state index contributed by atoms with van der Waals surface area (Å²) in [6.07, 6.45) is -0.238. The Morgan fingerprint density at radius 1 is 1.38 bits per heavy atom. The van der Waals surface area contributed by atoms with E-state index in [2.05, 4.69) is 10.6 Å². The number of carbonyl (C=O) groups is 3. The van der Waals surface area contributed by atoms with Gasteiger partial charge in [-0.05, 0) is 29.6 Å². The third kappa shape index (κ3) is 3.97. The third-order valence-electron chi connectivity index (χ3n) is 3.93. The summed E-state index contributed by atoms with van der Waals surface area (Å²) in [5.41, 5.74) is 0.747. The van der Waals surface area contributed by atoms with Gasteiger partial charge in [-0.1, -0.05) is 17.7 Å². The largest absolute Gasteiger partial charge is 0.481 e. The average molecular weight is 394 g/mol. The number of aliphatic carboxylic acids is 1. The van der Waals surface area contributed by atoms with E-state index in [0.717, 1.165) is 4.88 Å². The number of thiophene rings is 1. The summed E-state index contributed by atoms with van der Waals surface area (Å²) in [7, 11) is 0. The van der Waals surface area contributed by atoms with Crippen LogP contribution in [0.4, 0.5) is 10.5 Å². The highest BCUT2D eigenvalue weighted by Gasteiger charge is 2.25. The zero-order valence-corrected chi connectivity index (χ0v) is 15.1. The van der Waals surface area contributed by atoms with Gasteiger partial charge in [0.25, 0.3) is 5.91 Å². The number of amides is 3. The fourth-order valence-corrected chi connectivity index (χ4v) is 3.68. The summed E-state index contributed by atoms with van der Waals surface area (Å²) < 4.78 is 0. The van der Waals surface area contributed by atoms with Crippen LogP contribution in [0.3, 0.4) is 0 Å². The molecule has 1 aromatic heterocycles. The molecule has 1 atom stereocenters. The van der Waals surface area contributed by atoms with Crippen LogP contribution in [0.2, 0.25) is 5.02 Å². The fraction of sp³-hybridized carbons (Fsp3) is 0.235. The number of benzene rings is 1. The number of hydrogen-bond acceptors (Lipinski definition) is 4. The molecule has 0 saturated carbocycles. The van der Waals surface area contributed by atoms with Crippen molar-refractivity contribution in [3.8, 4) is 0 Å². The molecule has 2 aromatic rings. The molecule has 1 aliphatic rings. The van der Waals surface area contributed by atoms with Crippen molar-refractivity contribution < 1.29 is 19.5 Å². The van der Waals surface area contributed by atoms with E-state index in [1.165, 1.54) is 22.3 Å². The van der Waals surface area contributed by atoms with E-state index in [0.29, 0.717) is 18.8 Å². The minimum atomic E-state index is -1.02. The highest BCUT2D eigenvalue weighted by molar-refractivity contribution is 7.10. The molecule has 3 amide bonds. The summed E-state index contributed by atoms with van der Waals surface area (Å²) in [6, 6.07) is 7.42. The van der Waals surface area contributed by atoms with Gasteiger partial charge >= 0.3 is 12.0 Å². The topological polar surface area (TPSA) is 98.7 Å². The van der Waals surface area contributed by atoms with Gasteiger partial charge in [0.1, 0.15) is 0 Å². The molecule has 3 N–H and O–H groups in total. The van der Waals surface area contributed by atoms with Gasteiger partial charge in [0, 0.05) is 23.7 Å². The summed E-state index contributed by atoms with van der Waals surface area (Å²) in [4.78, 5) is 37.9. The number of halogens is 1. The van der Waals surface area contributed by atoms with Crippen molar-refractivity contribution in [1.29, 1.82) is 0 Å². The van der Waals surface area contributed by atoms with Crippen LogP contribution in [-0.4, -0.2) is 36.1 Å². The molecule has 26 heavy (non-hydrogen) atoms. The SMILES string of the molecule is O=C(O)C[C@@H](NC(=O)c1cc(N2CCNC2=O)ccc1Cl)c1cccs1. The second kappa shape index (κ2) is 7.76. The lowest BCUT2D eigenvalue weighted by molar-refractivity contribution is -0.137. The molecular weight excluding hydrogens is 378 g/mol. The second-order valence-corrected chi connectivity index (χ2v) is 7.07. The van der Waals surface area contributed by atoms with E-state index < -0.39 is 17.9 Å². The summed E-state index contributed by atoms with van der Waals surface area (Å²) >= 11 is 7.52. The molecule has 7 nitrogen and oxygen atoms in total. The highest BCUT2D eigenvalue weighted by Crippen LogP contribution is 2.27. The smallest absolute Gasteiger partial charge is 0.321 e. The zero-order chi connectivity index (χ0) is 18.7. The van der Waals surface area contributed by atoms with Crippen molar-refractivity contribution in [2.45, 2.75) is 12.5 Å². The molecular formula is C17H16ClN3O4S. The molecule has 0 aliphatic carbocycles. The van der Waals surface area contributed by atoms with Gasteiger partial charge in [0.05, 0.1) is 23.0 Å². The van der Waals surface area contributed by atoms with Crippen molar-refractivity contribution >= 4 is 46.5 Å². The first-order valence-corrected chi connectivity index (χ1v) is 9.12. The molecule has 0 spiro atoms. The number of urea groups is 1. The van der Waals surface area contributed by atoms with Crippen molar-refractivity contribution in [3.63, 3.8) is 0 Å². The maximum absolute atomic E-state index is 12.7. The maximum Gasteiger partial charge on any atom is 0.321 e. The van der Waals surface area contributed by atoms with Gasteiger partial charge in [0.2, 0.25) is 0 Å². The van der Waals surface area contributed by atoms with Crippen LogP contribution >= 0.6 is 22.9 Å². The molecule has 1 aromatic carbocycles. The number of hydrogen-bond donors (Lipinski definition) is 3. The fourth-order valence-electron chi connectivity index (χ4n) is 2.70. The molecule has 0 radical (unpaired) electrons. The Morgan fingerprint density at radius 2 is 2.19 bits per heavy atom. The molecule has 136 valence electrons. The molecule has 0 bridgehead atoms. The molecule has 0 unspecified atom stereocenters. The Hall–Kier alpha value is -2.58.